The van der Waals surface area contributed by atoms with Crippen molar-refractivity contribution < 1.29 is 14.7 Å². The summed E-state index contributed by atoms with van der Waals surface area (Å²) in [7, 11) is 3.43. The van der Waals surface area contributed by atoms with E-state index in [9.17, 15) is 14.7 Å². The molecule has 4 aromatic rings. The highest BCUT2D eigenvalue weighted by Crippen LogP contribution is 2.32. The van der Waals surface area contributed by atoms with E-state index in [2.05, 4.69) is 41.1 Å². The van der Waals surface area contributed by atoms with Gasteiger partial charge in [-0.3, -0.25) is 9.59 Å². The maximum absolute atomic E-state index is 13.4. The third-order valence-electron chi connectivity index (χ3n) is 6.59. The lowest BCUT2D eigenvalue weighted by Gasteiger charge is -2.26. The van der Waals surface area contributed by atoms with Crippen LogP contribution in [0.2, 0.25) is 5.02 Å². The maximum atomic E-state index is 13.4. The van der Waals surface area contributed by atoms with Gasteiger partial charge in [0.05, 0.1) is 35.8 Å². The first-order chi connectivity index (χ1) is 20.3. The monoisotopic (exact) mass is 592 g/mol. The lowest BCUT2D eigenvalue weighted by atomic mass is 10.0. The largest absolute Gasteiger partial charge is 0.394 e. The van der Waals surface area contributed by atoms with Crippen molar-refractivity contribution in [1.82, 2.24) is 40.2 Å². The van der Waals surface area contributed by atoms with Gasteiger partial charge >= 0.3 is 0 Å². The fourth-order valence-electron chi connectivity index (χ4n) is 4.40. The zero-order valence-electron chi connectivity index (χ0n) is 24.0. The molecule has 0 saturated carbocycles. The molecule has 4 N–H and O–H groups in total. The van der Waals surface area contributed by atoms with Crippen LogP contribution in [-0.4, -0.2) is 71.5 Å². The average Bonchev–Trinajstić information content (AvgIpc) is 3.58. The summed E-state index contributed by atoms with van der Waals surface area (Å²) >= 11 is 6.42. The second-order valence-electron chi connectivity index (χ2n) is 9.18. The molecule has 4 heterocycles. The first-order valence-corrected chi connectivity index (χ1v) is 13.8. The summed E-state index contributed by atoms with van der Waals surface area (Å²) in [5.41, 5.74) is 2.99. The average molecular weight is 593 g/mol. The summed E-state index contributed by atoms with van der Waals surface area (Å²) < 4.78 is 0. The van der Waals surface area contributed by atoms with E-state index >= 15 is 0 Å². The van der Waals surface area contributed by atoms with Crippen molar-refractivity contribution in [2.45, 2.75) is 39.4 Å². The first kappa shape index (κ1) is 30.3. The molecule has 14 heteroatoms. The quantitative estimate of drug-likeness (QED) is 0.227. The second-order valence-corrected chi connectivity index (χ2v) is 9.59. The van der Waals surface area contributed by atoms with E-state index < -0.39 is 12.1 Å². The molecule has 0 fully saturated rings. The molecule has 1 aliphatic rings. The number of halogens is 1. The summed E-state index contributed by atoms with van der Waals surface area (Å²) in [6.45, 7) is 5.62. The number of hydrogen-bond donors (Lipinski definition) is 4. The number of pyridine rings is 1. The third kappa shape index (κ3) is 6.47. The summed E-state index contributed by atoms with van der Waals surface area (Å²) in [6, 6.07) is 7.40. The molecule has 0 radical (unpaired) electrons. The van der Waals surface area contributed by atoms with Crippen molar-refractivity contribution in [3.63, 3.8) is 0 Å². The van der Waals surface area contributed by atoms with Crippen LogP contribution in [0, 0.1) is 0 Å². The molecule has 1 aliphatic heterocycles. The van der Waals surface area contributed by atoms with Crippen LogP contribution in [0.5, 0.6) is 0 Å². The topological polar surface area (TPSA) is 163 Å². The highest BCUT2D eigenvalue weighted by atomic mass is 35.5. The molecule has 0 bridgehead atoms. The van der Waals surface area contributed by atoms with Crippen LogP contribution in [0.1, 0.15) is 48.3 Å². The third-order valence-corrected chi connectivity index (χ3v) is 6.86. The highest BCUT2D eigenvalue weighted by Gasteiger charge is 2.35. The number of fused-ring (bicyclic) bond motifs is 1. The molecule has 5 rings (SSSR count). The molecule has 42 heavy (non-hydrogen) atoms. The van der Waals surface area contributed by atoms with Crippen molar-refractivity contribution in [1.29, 1.82) is 0 Å². The number of aliphatic hydroxyl groups excluding tert-OH is 1. The van der Waals surface area contributed by atoms with Crippen LogP contribution in [-0.2, 0) is 18.4 Å². The molecule has 0 aliphatic carbocycles. The standard InChI is InChI=1S/C26H27ClN10O3.C2H6/c1-14(24(39)32-20(13-38)15-6-7-29-21(9-15)28-2)37-12-17-5-4-16(8-18(17)25(37)40)23-19(27)10-30-26(34-23)33-22-11-31-36(3)35-22;1-2/h4-11,14,20,38H,12-13H2,1-3H3,(H,28,29)(H,32,39)(H,30,33,34,35);1-2H3/t14-,20-;/m1./s1. The van der Waals surface area contributed by atoms with Gasteiger partial charge in [-0.25, -0.2) is 15.0 Å². The predicted molar refractivity (Wildman–Crippen MR) is 159 cm³/mol. The lowest BCUT2D eigenvalue weighted by molar-refractivity contribution is -0.126. The summed E-state index contributed by atoms with van der Waals surface area (Å²) in [5.74, 6) is 0.678. The van der Waals surface area contributed by atoms with Crippen molar-refractivity contribution in [3.8, 4) is 11.3 Å². The van der Waals surface area contributed by atoms with Gasteiger partial charge in [0.1, 0.15) is 11.9 Å². The Morgan fingerprint density at radius 2 is 1.93 bits per heavy atom. The minimum atomic E-state index is -0.784. The SMILES string of the molecule is CC.CNc1cc([C@@H](CO)NC(=O)[C@@H](C)N2Cc3ccc(-c4nc(Nc5cnn(C)n5)ncc4Cl)cc3C2=O)ccn1. The Balaban J connectivity index is 0.00000198. The number of aryl methyl sites for hydroxylation is 1. The second kappa shape index (κ2) is 13.4. The zero-order chi connectivity index (χ0) is 30.4. The Hall–Kier alpha value is -4.62. The van der Waals surface area contributed by atoms with Crippen LogP contribution in [0.4, 0.5) is 17.6 Å². The maximum Gasteiger partial charge on any atom is 0.255 e. The van der Waals surface area contributed by atoms with Gasteiger partial charge in [0.25, 0.3) is 5.91 Å². The van der Waals surface area contributed by atoms with Gasteiger partial charge in [-0.2, -0.15) is 9.90 Å². The van der Waals surface area contributed by atoms with Gasteiger partial charge in [0, 0.05) is 38.0 Å². The Morgan fingerprint density at radius 3 is 2.62 bits per heavy atom. The summed E-state index contributed by atoms with van der Waals surface area (Å²) in [4.78, 5) is 42.3. The number of amides is 2. The van der Waals surface area contributed by atoms with E-state index in [1.165, 1.54) is 22.1 Å². The van der Waals surface area contributed by atoms with E-state index in [1.807, 2.05) is 26.0 Å². The number of hydrogen-bond acceptors (Lipinski definition) is 10. The summed E-state index contributed by atoms with van der Waals surface area (Å²) in [5, 5.41) is 27.2. The van der Waals surface area contributed by atoms with Gasteiger partial charge in [0.2, 0.25) is 11.9 Å². The number of anilines is 3. The van der Waals surface area contributed by atoms with E-state index in [-0.39, 0.29) is 30.9 Å². The number of nitrogens with one attached hydrogen (secondary N) is 3. The van der Waals surface area contributed by atoms with Crippen LogP contribution < -0.4 is 16.0 Å². The van der Waals surface area contributed by atoms with Gasteiger partial charge < -0.3 is 26.0 Å². The number of carbonyl (C=O) groups excluding carboxylic acids is 2. The Kier molecular flexibility index (Phi) is 9.65. The smallest absolute Gasteiger partial charge is 0.255 e. The fourth-order valence-corrected chi connectivity index (χ4v) is 4.60. The number of rotatable bonds is 9. The molecule has 0 saturated heterocycles. The number of nitrogens with zero attached hydrogens (tertiary/aromatic N) is 7. The molecule has 0 spiro atoms. The molecule has 1 aromatic carbocycles. The van der Waals surface area contributed by atoms with Crippen LogP contribution >= 0.6 is 11.6 Å². The number of carbonyl (C=O) groups is 2. The number of benzene rings is 1. The van der Waals surface area contributed by atoms with Gasteiger partial charge in [-0.1, -0.05) is 37.6 Å². The number of aromatic nitrogens is 6. The molecule has 0 unspecified atom stereocenters. The fraction of sp³-hybridized carbons (Fsp3) is 0.321. The van der Waals surface area contributed by atoms with Gasteiger partial charge in [-0.15, -0.1) is 5.10 Å². The minimum Gasteiger partial charge on any atom is -0.394 e. The Labute approximate surface area is 248 Å². The molecular weight excluding hydrogens is 560 g/mol. The first-order valence-electron chi connectivity index (χ1n) is 13.4. The van der Waals surface area contributed by atoms with Crippen molar-refractivity contribution >= 4 is 41.0 Å². The minimum absolute atomic E-state index is 0.267. The highest BCUT2D eigenvalue weighted by molar-refractivity contribution is 6.33. The van der Waals surface area contributed by atoms with Gasteiger partial charge in [0.15, 0.2) is 5.82 Å². The van der Waals surface area contributed by atoms with E-state index in [0.717, 1.165) is 5.56 Å². The zero-order valence-corrected chi connectivity index (χ0v) is 24.7. The summed E-state index contributed by atoms with van der Waals surface area (Å²) in [6.07, 6.45) is 4.60. The van der Waals surface area contributed by atoms with E-state index in [0.29, 0.717) is 39.0 Å². The number of aliphatic hydroxyl groups is 1. The Morgan fingerprint density at radius 1 is 1.14 bits per heavy atom. The Bertz CT molecular complexity index is 1580. The van der Waals surface area contributed by atoms with E-state index in [1.54, 1.807) is 45.4 Å². The molecule has 13 nitrogen and oxygen atoms in total. The van der Waals surface area contributed by atoms with Crippen molar-refractivity contribution in [2.24, 2.45) is 7.05 Å². The normalized spacial score (nSPS) is 13.5. The lowest BCUT2D eigenvalue weighted by Crippen LogP contribution is -2.46. The van der Waals surface area contributed by atoms with Crippen molar-refractivity contribution in [2.75, 3.05) is 24.3 Å². The van der Waals surface area contributed by atoms with Gasteiger partial charge in [-0.05, 0) is 36.2 Å². The molecule has 3 aromatic heterocycles. The van der Waals surface area contributed by atoms with Crippen LogP contribution in [0.25, 0.3) is 11.3 Å². The molecule has 2 amide bonds. The molecule has 2 atom stereocenters. The molecule has 220 valence electrons. The van der Waals surface area contributed by atoms with Crippen molar-refractivity contribution in [3.05, 3.63) is 70.6 Å². The van der Waals surface area contributed by atoms with Crippen LogP contribution in [0.3, 0.4) is 0 Å². The van der Waals surface area contributed by atoms with E-state index in [4.69, 9.17) is 11.6 Å². The van der Waals surface area contributed by atoms with Crippen LogP contribution in [0.15, 0.2) is 48.9 Å². The molecular formula is C28H33ClN10O3. The predicted octanol–water partition coefficient (Wildman–Crippen LogP) is 3.33.